The smallest absolute Gasteiger partial charge is 0.251 e. The van der Waals surface area contributed by atoms with Crippen molar-refractivity contribution in [2.24, 2.45) is 5.92 Å². The Bertz CT molecular complexity index is 384. The van der Waals surface area contributed by atoms with Crippen LogP contribution in [0.15, 0.2) is 10.9 Å². The van der Waals surface area contributed by atoms with Gasteiger partial charge in [0.2, 0.25) is 0 Å². The second-order valence-corrected chi connectivity index (χ2v) is 3.80. The Morgan fingerprint density at radius 1 is 1.60 bits per heavy atom. The number of hydrogen-bond acceptors (Lipinski definition) is 4. The van der Waals surface area contributed by atoms with Crippen LogP contribution >= 0.6 is 0 Å². The molecule has 0 unspecified atom stereocenters. The van der Waals surface area contributed by atoms with E-state index in [0.717, 1.165) is 6.61 Å². The van der Waals surface area contributed by atoms with Crippen LogP contribution in [0.4, 0.5) is 0 Å². The van der Waals surface area contributed by atoms with E-state index in [1.165, 1.54) is 18.9 Å². The molecule has 0 radical (unpaired) electrons. The highest BCUT2D eigenvalue weighted by atomic mass is 16.5. The fourth-order valence-electron chi connectivity index (χ4n) is 1.33. The zero-order valence-corrected chi connectivity index (χ0v) is 8.40. The van der Waals surface area contributed by atoms with Crippen LogP contribution < -0.4 is 5.56 Å². The van der Waals surface area contributed by atoms with Gasteiger partial charge in [-0.15, -0.1) is 0 Å². The maximum atomic E-state index is 11.1. The molecule has 2 N–H and O–H groups in total. The summed E-state index contributed by atoms with van der Waals surface area (Å²) in [4.78, 5) is 17.6. The molecule has 0 bridgehead atoms. The van der Waals surface area contributed by atoms with Gasteiger partial charge in [0.05, 0.1) is 12.3 Å². The number of ether oxygens (including phenoxy) is 1. The van der Waals surface area contributed by atoms with E-state index in [0.29, 0.717) is 18.2 Å². The third kappa shape index (κ3) is 3.14. The van der Waals surface area contributed by atoms with E-state index in [1.54, 1.807) is 0 Å². The van der Waals surface area contributed by atoms with Crippen molar-refractivity contribution in [1.29, 1.82) is 0 Å². The third-order valence-electron chi connectivity index (χ3n) is 2.29. The summed E-state index contributed by atoms with van der Waals surface area (Å²) in [5, 5.41) is 8.84. The van der Waals surface area contributed by atoms with Gasteiger partial charge in [0.1, 0.15) is 12.4 Å². The number of nitrogens with zero attached hydrogens (tertiary/aromatic N) is 1. The number of rotatable bonds is 5. The summed E-state index contributed by atoms with van der Waals surface area (Å²) in [5.41, 5.74) is 0.322. The molecule has 82 valence electrons. The minimum absolute atomic E-state index is 0.251. The lowest BCUT2D eigenvalue weighted by Crippen LogP contribution is -2.13. The van der Waals surface area contributed by atoms with Gasteiger partial charge in [0, 0.05) is 12.7 Å². The lowest BCUT2D eigenvalue weighted by molar-refractivity contribution is 0.108. The molecule has 0 amide bonds. The van der Waals surface area contributed by atoms with E-state index < -0.39 is 0 Å². The average molecular weight is 210 g/mol. The molecule has 1 aliphatic carbocycles. The normalized spacial score (nSPS) is 15.5. The summed E-state index contributed by atoms with van der Waals surface area (Å²) in [6.07, 6.45) is 2.48. The van der Waals surface area contributed by atoms with Gasteiger partial charge in [-0.05, 0) is 18.8 Å². The zero-order valence-electron chi connectivity index (χ0n) is 8.40. The standard InChI is InChI=1S/C10H14N2O3/c13-4-9-11-8(3-10(14)12-9)6-15-5-7-1-2-7/h3,7,13H,1-2,4-6H2,(H,11,12,14). The Morgan fingerprint density at radius 3 is 3.07 bits per heavy atom. The maximum Gasteiger partial charge on any atom is 0.251 e. The molecule has 2 rings (SSSR count). The number of aliphatic hydroxyl groups excluding tert-OH is 1. The van der Waals surface area contributed by atoms with E-state index in [1.807, 2.05) is 0 Å². The molecule has 5 heteroatoms. The van der Waals surface area contributed by atoms with Crippen molar-refractivity contribution < 1.29 is 9.84 Å². The van der Waals surface area contributed by atoms with Crippen LogP contribution in [0.1, 0.15) is 24.4 Å². The van der Waals surface area contributed by atoms with Crippen molar-refractivity contribution in [3.8, 4) is 0 Å². The number of aromatic nitrogens is 2. The Labute approximate surface area is 87.1 Å². The molecule has 15 heavy (non-hydrogen) atoms. The second kappa shape index (κ2) is 4.55. The molecule has 0 atom stereocenters. The first kappa shape index (κ1) is 10.3. The number of H-pyrrole nitrogens is 1. The lowest BCUT2D eigenvalue weighted by atomic mass is 10.4. The first-order chi connectivity index (χ1) is 7.28. The molecule has 1 fully saturated rings. The molecular weight excluding hydrogens is 196 g/mol. The Kier molecular flexibility index (Phi) is 3.13. The van der Waals surface area contributed by atoms with Gasteiger partial charge in [0.25, 0.3) is 5.56 Å². The summed E-state index contributed by atoms with van der Waals surface area (Å²) in [5.74, 6) is 0.983. The molecule has 1 heterocycles. The number of hydrogen-bond donors (Lipinski definition) is 2. The predicted octanol–water partition coefficient (Wildman–Crippen LogP) is 0.189. The van der Waals surface area contributed by atoms with Crippen LogP contribution in [0.25, 0.3) is 0 Å². The quantitative estimate of drug-likeness (QED) is 0.727. The van der Waals surface area contributed by atoms with E-state index in [9.17, 15) is 4.79 Å². The molecule has 0 aromatic carbocycles. The first-order valence-electron chi connectivity index (χ1n) is 5.05. The van der Waals surface area contributed by atoms with Crippen molar-refractivity contribution in [1.82, 2.24) is 9.97 Å². The third-order valence-corrected chi connectivity index (χ3v) is 2.29. The molecule has 1 aromatic heterocycles. The molecule has 0 spiro atoms. The highest BCUT2D eigenvalue weighted by molar-refractivity contribution is 5.01. The highest BCUT2D eigenvalue weighted by Crippen LogP contribution is 2.28. The fourth-order valence-corrected chi connectivity index (χ4v) is 1.33. The maximum absolute atomic E-state index is 11.1. The molecule has 1 aliphatic rings. The summed E-state index contributed by atoms with van der Waals surface area (Å²) in [7, 11) is 0. The van der Waals surface area contributed by atoms with E-state index >= 15 is 0 Å². The summed E-state index contributed by atoms with van der Waals surface area (Å²) in [6.45, 7) is 0.821. The Morgan fingerprint density at radius 2 is 2.40 bits per heavy atom. The van der Waals surface area contributed by atoms with E-state index in [-0.39, 0.29) is 18.0 Å². The minimum atomic E-state index is -0.258. The van der Waals surface area contributed by atoms with Gasteiger partial charge in [-0.3, -0.25) is 4.79 Å². The SMILES string of the molecule is O=c1cc(COCC2CC2)nc(CO)[nH]1. The van der Waals surface area contributed by atoms with E-state index in [2.05, 4.69) is 9.97 Å². The van der Waals surface area contributed by atoms with Gasteiger partial charge in [0.15, 0.2) is 0 Å². The van der Waals surface area contributed by atoms with Crippen LogP contribution in [0, 0.1) is 5.92 Å². The van der Waals surface area contributed by atoms with Gasteiger partial charge < -0.3 is 14.8 Å². The zero-order chi connectivity index (χ0) is 10.7. The number of aromatic amines is 1. The average Bonchev–Trinajstić information content (AvgIpc) is 3.01. The summed E-state index contributed by atoms with van der Waals surface area (Å²) in [6, 6.07) is 1.39. The van der Waals surface area contributed by atoms with Crippen LogP contribution in [-0.2, 0) is 18.0 Å². The minimum Gasteiger partial charge on any atom is -0.388 e. The number of nitrogens with one attached hydrogen (secondary N) is 1. The molecular formula is C10H14N2O3. The van der Waals surface area contributed by atoms with Crippen molar-refractivity contribution in [2.45, 2.75) is 26.1 Å². The molecule has 0 saturated heterocycles. The predicted molar refractivity (Wildman–Crippen MR) is 53.2 cm³/mol. The van der Waals surface area contributed by atoms with Crippen LogP contribution in [0.5, 0.6) is 0 Å². The van der Waals surface area contributed by atoms with Gasteiger partial charge >= 0.3 is 0 Å². The molecule has 0 aliphatic heterocycles. The van der Waals surface area contributed by atoms with Crippen molar-refractivity contribution in [3.63, 3.8) is 0 Å². The van der Waals surface area contributed by atoms with Crippen LogP contribution in [0.3, 0.4) is 0 Å². The first-order valence-corrected chi connectivity index (χ1v) is 5.05. The lowest BCUT2D eigenvalue weighted by Gasteiger charge is -2.03. The summed E-state index contributed by atoms with van der Waals surface area (Å²) < 4.78 is 5.40. The second-order valence-electron chi connectivity index (χ2n) is 3.80. The monoisotopic (exact) mass is 210 g/mol. The van der Waals surface area contributed by atoms with Crippen molar-refractivity contribution in [2.75, 3.05) is 6.61 Å². The molecule has 1 saturated carbocycles. The number of aliphatic hydroxyl groups is 1. The fraction of sp³-hybridized carbons (Fsp3) is 0.600. The molecule has 1 aromatic rings. The van der Waals surface area contributed by atoms with E-state index in [4.69, 9.17) is 9.84 Å². The molecule has 5 nitrogen and oxygen atoms in total. The largest absolute Gasteiger partial charge is 0.388 e. The van der Waals surface area contributed by atoms with Crippen molar-refractivity contribution in [3.05, 3.63) is 27.9 Å². The topological polar surface area (TPSA) is 75.2 Å². The van der Waals surface area contributed by atoms with Gasteiger partial charge in [-0.1, -0.05) is 0 Å². The van der Waals surface area contributed by atoms with Crippen LogP contribution in [-0.4, -0.2) is 21.7 Å². The Balaban J connectivity index is 1.93. The van der Waals surface area contributed by atoms with Crippen molar-refractivity contribution >= 4 is 0 Å². The van der Waals surface area contributed by atoms with Crippen LogP contribution in [0.2, 0.25) is 0 Å². The van der Waals surface area contributed by atoms with Gasteiger partial charge in [-0.2, -0.15) is 0 Å². The summed E-state index contributed by atoms with van der Waals surface area (Å²) >= 11 is 0. The highest BCUT2D eigenvalue weighted by Gasteiger charge is 2.21. The van der Waals surface area contributed by atoms with Gasteiger partial charge in [-0.25, -0.2) is 4.98 Å². The Hall–Kier alpha value is -1.20.